The quantitative estimate of drug-likeness (QED) is 0.554. The molecule has 8 heteroatoms. The van der Waals surface area contributed by atoms with E-state index in [1.807, 2.05) is 39.2 Å². The Labute approximate surface area is 163 Å². The van der Waals surface area contributed by atoms with Crippen molar-refractivity contribution >= 4 is 29.6 Å². The van der Waals surface area contributed by atoms with Gasteiger partial charge >= 0.3 is 0 Å². The minimum atomic E-state index is -0.263. The first-order valence-electron chi connectivity index (χ1n) is 8.98. The second kappa shape index (κ2) is 9.09. The minimum absolute atomic E-state index is 0.263. The van der Waals surface area contributed by atoms with Crippen molar-refractivity contribution in [2.45, 2.75) is 6.92 Å². The summed E-state index contributed by atoms with van der Waals surface area (Å²) in [7, 11) is 4.04. The third-order valence-electron chi connectivity index (χ3n) is 3.87. The molecule has 0 amide bonds. The molecule has 0 unspecified atom stereocenters. The van der Waals surface area contributed by atoms with Gasteiger partial charge in [0, 0.05) is 30.9 Å². The zero-order valence-electron chi connectivity index (χ0n) is 16.2. The maximum Gasteiger partial charge on any atom is 0.156 e. The van der Waals surface area contributed by atoms with E-state index in [2.05, 4.69) is 35.7 Å². The highest BCUT2D eigenvalue weighted by Gasteiger charge is 2.06. The van der Waals surface area contributed by atoms with Crippen molar-refractivity contribution in [3.63, 3.8) is 0 Å². The second-order valence-corrected chi connectivity index (χ2v) is 6.67. The summed E-state index contributed by atoms with van der Waals surface area (Å²) in [5, 5.41) is 13.6. The van der Waals surface area contributed by atoms with Crippen LogP contribution in [0, 0.1) is 12.7 Å². The molecule has 0 aliphatic heterocycles. The smallest absolute Gasteiger partial charge is 0.156 e. The molecule has 2 heterocycles. The summed E-state index contributed by atoms with van der Waals surface area (Å²) < 4.78 is 13.1. The molecule has 0 fully saturated rings. The molecule has 0 saturated heterocycles. The third-order valence-corrected chi connectivity index (χ3v) is 3.87. The van der Waals surface area contributed by atoms with Crippen molar-refractivity contribution in [2.24, 2.45) is 0 Å². The van der Waals surface area contributed by atoms with Crippen LogP contribution < -0.4 is 10.6 Å². The first-order valence-corrected chi connectivity index (χ1v) is 8.98. The molecule has 0 aliphatic rings. The summed E-state index contributed by atoms with van der Waals surface area (Å²) in [6.45, 7) is 3.57. The lowest BCUT2D eigenvalue weighted by Crippen LogP contribution is -2.21. The van der Waals surface area contributed by atoms with Gasteiger partial charge in [0.15, 0.2) is 11.6 Å². The second-order valence-electron chi connectivity index (χ2n) is 6.67. The predicted octanol–water partition coefficient (Wildman–Crippen LogP) is 3.53. The standard InChI is InChI=1S/C20H24FN7/c1-14-12-20(27-26-14)25-19-13-18(22-10-11-28(2)3)23-17(24-19)9-6-15-4-7-16(21)8-5-15/h4-9,12-13H,10-11H2,1-3H3,(H3,22,23,24,25,26,27)/b9-6+. The number of benzene rings is 1. The molecule has 3 N–H and O–H groups in total. The molecule has 1 aromatic carbocycles. The number of H-pyrrole nitrogens is 1. The summed E-state index contributed by atoms with van der Waals surface area (Å²) in [5.41, 5.74) is 1.82. The number of nitrogens with zero attached hydrogens (tertiary/aromatic N) is 4. The molecular formula is C20H24FN7. The van der Waals surface area contributed by atoms with Gasteiger partial charge in [-0.1, -0.05) is 18.2 Å². The molecule has 0 spiro atoms. The van der Waals surface area contributed by atoms with Gasteiger partial charge in [0.1, 0.15) is 17.5 Å². The van der Waals surface area contributed by atoms with Crippen LogP contribution in [0.4, 0.5) is 21.8 Å². The van der Waals surface area contributed by atoms with Gasteiger partial charge in [0.25, 0.3) is 0 Å². The summed E-state index contributed by atoms with van der Waals surface area (Å²) in [4.78, 5) is 11.2. The Kier molecular flexibility index (Phi) is 6.33. The van der Waals surface area contributed by atoms with Crippen LogP contribution in [0.3, 0.4) is 0 Å². The van der Waals surface area contributed by atoms with E-state index in [0.717, 1.165) is 24.3 Å². The van der Waals surface area contributed by atoms with Crippen LogP contribution in [-0.4, -0.2) is 52.3 Å². The minimum Gasteiger partial charge on any atom is -0.369 e. The van der Waals surface area contributed by atoms with Gasteiger partial charge in [0.2, 0.25) is 0 Å². The SMILES string of the molecule is Cc1cc(Nc2cc(NCCN(C)C)nc(/C=C/c3ccc(F)cc3)n2)n[nH]1. The van der Waals surface area contributed by atoms with Gasteiger partial charge in [-0.05, 0) is 44.8 Å². The number of hydrogen-bond donors (Lipinski definition) is 3. The summed E-state index contributed by atoms with van der Waals surface area (Å²) in [6, 6.07) is 10.00. The molecule has 0 radical (unpaired) electrons. The van der Waals surface area contributed by atoms with Crippen LogP contribution in [0.15, 0.2) is 36.4 Å². The number of aromatic amines is 1. The Bertz CT molecular complexity index is 932. The zero-order chi connectivity index (χ0) is 19.9. The highest BCUT2D eigenvalue weighted by Crippen LogP contribution is 2.18. The molecule has 0 aliphatic carbocycles. The lowest BCUT2D eigenvalue weighted by molar-refractivity contribution is 0.425. The first kappa shape index (κ1) is 19.5. The van der Waals surface area contributed by atoms with Crippen LogP contribution in [-0.2, 0) is 0 Å². The Balaban J connectivity index is 1.81. The van der Waals surface area contributed by atoms with Crippen LogP contribution in [0.5, 0.6) is 0 Å². The Morgan fingerprint density at radius 1 is 1.04 bits per heavy atom. The van der Waals surface area contributed by atoms with Gasteiger partial charge in [0.05, 0.1) is 0 Å². The van der Waals surface area contributed by atoms with E-state index in [-0.39, 0.29) is 5.82 Å². The lowest BCUT2D eigenvalue weighted by atomic mass is 10.2. The fourth-order valence-corrected chi connectivity index (χ4v) is 2.46. The molecule has 28 heavy (non-hydrogen) atoms. The molecule has 146 valence electrons. The zero-order valence-corrected chi connectivity index (χ0v) is 16.2. The molecule has 3 rings (SSSR count). The number of halogens is 1. The maximum atomic E-state index is 13.1. The molecule has 0 bridgehead atoms. The fourth-order valence-electron chi connectivity index (χ4n) is 2.46. The Hall–Kier alpha value is -3.26. The Morgan fingerprint density at radius 3 is 2.46 bits per heavy atom. The molecule has 0 saturated carbocycles. The average Bonchev–Trinajstić information content (AvgIpc) is 3.05. The van der Waals surface area contributed by atoms with Gasteiger partial charge < -0.3 is 15.5 Å². The van der Waals surface area contributed by atoms with Gasteiger partial charge in [-0.3, -0.25) is 5.10 Å². The number of rotatable bonds is 8. The molecular weight excluding hydrogens is 357 g/mol. The normalized spacial score (nSPS) is 11.3. The van der Waals surface area contributed by atoms with Crippen molar-refractivity contribution in [1.82, 2.24) is 25.1 Å². The number of nitrogens with one attached hydrogen (secondary N) is 3. The van der Waals surface area contributed by atoms with Crippen molar-refractivity contribution < 1.29 is 4.39 Å². The molecule has 0 atom stereocenters. The summed E-state index contributed by atoms with van der Waals surface area (Å²) in [6.07, 6.45) is 3.65. The van der Waals surface area contributed by atoms with Crippen molar-refractivity contribution in [3.05, 3.63) is 59.3 Å². The van der Waals surface area contributed by atoms with E-state index in [0.29, 0.717) is 23.3 Å². The lowest BCUT2D eigenvalue weighted by Gasteiger charge is -2.12. The predicted molar refractivity (Wildman–Crippen MR) is 111 cm³/mol. The van der Waals surface area contributed by atoms with E-state index in [4.69, 9.17) is 0 Å². The number of aromatic nitrogens is 4. The number of likely N-dealkylation sites (N-methyl/N-ethyl adjacent to an activating group) is 1. The van der Waals surface area contributed by atoms with Crippen molar-refractivity contribution in [2.75, 3.05) is 37.8 Å². The molecule has 7 nitrogen and oxygen atoms in total. The topological polar surface area (TPSA) is 81.8 Å². The number of anilines is 3. The van der Waals surface area contributed by atoms with Crippen LogP contribution in [0.2, 0.25) is 0 Å². The molecule has 3 aromatic rings. The van der Waals surface area contributed by atoms with Crippen molar-refractivity contribution in [3.8, 4) is 0 Å². The van der Waals surface area contributed by atoms with Gasteiger partial charge in [-0.25, -0.2) is 14.4 Å². The van der Waals surface area contributed by atoms with Gasteiger partial charge in [-0.2, -0.15) is 5.10 Å². The van der Waals surface area contributed by atoms with E-state index in [1.54, 1.807) is 18.2 Å². The monoisotopic (exact) mass is 381 g/mol. The van der Waals surface area contributed by atoms with Crippen molar-refractivity contribution in [1.29, 1.82) is 0 Å². The van der Waals surface area contributed by atoms with Crippen LogP contribution in [0.1, 0.15) is 17.1 Å². The average molecular weight is 381 g/mol. The van der Waals surface area contributed by atoms with Gasteiger partial charge in [-0.15, -0.1) is 0 Å². The first-order chi connectivity index (χ1) is 13.5. The summed E-state index contributed by atoms with van der Waals surface area (Å²) >= 11 is 0. The fraction of sp³-hybridized carbons (Fsp3) is 0.250. The molecule has 2 aromatic heterocycles. The number of hydrogen-bond acceptors (Lipinski definition) is 6. The summed E-state index contributed by atoms with van der Waals surface area (Å²) in [5.74, 6) is 2.30. The highest BCUT2D eigenvalue weighted by atomic mass is 19.1. The van der Waals surface area contributed by atoms with Crippen LogP contribution in [0.25, 0.3) is 12.2 Å². The van der Waals surface area contributed by atoms with Crippen LogP contribution >= 0.6 is 0 Å². The Morgan fingerprint density at radius 2 is 1.79 bits per heavy atom. The number of aryl methyl sites for hydroxylation is 1. The maximum absolute atomic E-state index is 13.1. The van der Waals surface area contributed by atoms with E-state index in [9.17, 15) is 4.39 Å². The van der Waals surface area contributed by atoms with E-state index in [1.165, 1.54) is 12.1 Å². The highest BCUT2D eigenvalue weighted by molar-refractivity contribution is 5.68. The third kappa shape index (κ3) is 5.88. The van der Waals surface area contributed by atoms with E-state index < -0.39 is 0 Å². The largest absolute Gasteiger partial charge is 0.369 e. The van der Waals surface area contributed by atoms with E-state index >= 15 is 0 Å².